The third kappa shape index (κ3) is 3.09. The van der Waals surface area contributed by atoms with Crippen molar-refractivity contribution >= 4 is 5.57 Å². The van der Waals surface area contributed by atoms with Crippen molar-refractivity contribution in [3.63, 3.8) is 0 Å². The van der Waals surface area contributed by atoms with Crippen molar-refractivity contribution in [2.24, 2.45) is 5.41 Å². The van der Waals surface area contributed by atoms with Crippen LogP contribution >= 0.6 is 0 Å². The fraction of sp³-hybridized carbons (Fsp3) is 0.556. The van der Waals surface area contributed by atoms with Gasteiger partial charge in [-0.2, -0.15) is 0 Å². The Balaban J connectivity index is 2.03. The molecule has 2 rings (SSSR count). The van der Waals surface area contributed by atoms with E-state index in [2.05, 4.69) is 37.8 Å². The van der Waals surface area contributed by atoms with E-state index in [0.717, 1.165) is 24.8 Å². The van der Waals surface area contributed by atoms with Crippen molar-refractivity contribution < 1.29 is 5.11 Å². The van der Waals surface area contributed by atoms with Gasteiger partial charge >= 0.3 is 0 Å². The van der Waals surface area contributed by atoms with Crippen molar-refractivity contribution in [1.29, 1.82) is 0 Å². The maximum absolute atomic E-state index is 9.59. The van der Waals surface area contributed by atoms with E-state index in [1.165, 1.54) is 24.0 Å². The fourth-order valence-corrected chi connectivity index (χ4v) is 3.23. The topological polar surface area (TPSA) is 20.2 Å². The van der Waals surface area contributed by atoms with Gasteiger partial charge in [-0.15, -0.1) is 0 Å². The summed E-state index contributed by atoms with van der Waals surface area (Å²) in [4.78, 5) is 0. The van der Waals surface area contributed by atoms with Crippen LogP contribution < -0.4 is 0 Å². The molecule has 0 aliphatic heterocycles. The quantitative estimate of drug-likeness (QED) is 0.825. The first kappa shape index (κ1) is 14.3. The summed E-state index contributed by atoms with van der Waals surface area (Å²) in [5.74, 6) is 0.672. The summed E-state index contributed by atoms with van der Waals surface area (Å²) in [6, 6.07) is 8.88. The Labute approximate surface area is 117 Å². The van der Waals surface area contributed by atoms with E-state index in [0.29, 0.717) is 12.5 Å². The van der Waals surface area contributed by atoms with Gasteiger partial charge in [-0.1, -0.05) is 43.3 Å². The molecule has 1 aromatic rings. The van der Waals surface area contributed by atoms with Crippen LogP contribution in [0.4, 0.5) is 0 Å². The molecule has 0 saturated heterocycles. The summed E-state index contributed by atoms with van der Waals surface area (Å²) in [5, 5.41) is 9.59. The van der Waals surface area contributed by atoms with Gasteiger partial charge in [0.15, 0.2) is 0 Å². The molecule has 0 unspecified atom stereocenters. The summed E-state index contributed by atoms with van der Waals surface area (Å²) in [6.45, 7) is 8.59. The number of hydrogen-bond donors (Lipinski definition) is 1. The van der Waals surface area contributed by atoms with Gasteiger partial charge in [0.2, 0.25) is 0 Å². The number of benzene rings is 1. The van der Waals surface area contributed by atoms with Gasteiger partial charge in [-0.3, -0.25) is 0 Å². The van der Waals surface area contributed by atoms with Gasteiger partial charge in [0.05, 0.1) is 0 Å². The molecule has 1 nitrogen and oxygen atoms in total. The van der Waals surface area contributed by atoms with Crippen LogP contribution in [0.25, 0.3) is 5.57 Å². The smallest absolute Gasteiger partial charge is 0.0487 e. The van der Waals surface area contributed by atoms with Crippen LogP contribution in [0.2, 0.25) is 0 Å². The Morgan fingerprint density at radius 2 is 1.84 bits per heavy atom. The average Bonchev–Trinajstić information content (AvgIpc) is 2.47. The van der Waals surface area contributed by atoms with Crippen LogP contribution in [0.1, 0.15) is 63.0 Å². The zero-order chi connectivity index (χ0) is 13.9. The normalized spacial score (nSPS) is 27.2. The zero-order valence-corrected chi connectivity index (χ0v) is 12.3. The standard InChI is InChI=1S/C18H26O/c1-4-18(13-19)11-9-17(10-12-18)16-7-5-15(6-8-16)14(2)3/h5-8,17,19H,2,4,9-13H2,1,3H3. The fourth-order valence-electron chi connectivity index (χ4n) is 3.23. The minimum Gasteiger partial charge on any atom is -0.396 e. The van der Waals surface area contributed by atoms with Crippen molar-refractivity contribution in [3.8, 4) is 0 Å². The molecular weight excluding hydrogens is 232 g/mol. The molecule has 0 spiro atoms. The molecule has 1 saturated carbocycles. The third-order valence-electron chi connectivity index (χ3n) is 5.01. The molecule has 104 valence electrons. The first-order valence-electron chi connectivity index (χ1n) is 7.47. The van der Waals surface area contributed by atoms with Crippen molar-refractivity contribution in [3.05, 3.63) is 42.0 Å². The molecule has 0 radical (unpaired) electrons. The molecule has 0 aromatic heterocycles. The highest BCUT2D eigenvalue weighted by atomic mass is 16.3. The molecule has 1 N–H and O–H groups in total. The summed E-state index contributed by atoms with van der Waals surface area (Å²) in [7, 11) is 0. The monoisotopic (exact) mass is 258 g/mol. The number of allylic oxidation sites excluding steroid dienone is 1. The van der Waals surface area contributed by atoms with E-state index in [9.17, 15) is 5.11 Å². The Hall–Kier alpha value is -1.08. The highest BCUT2D eigenvalue weighted by Gasteiger charge is 2.33. The molecule has 1 aliphatic rings. The maximum Gasteiger partial charge on any atom is 0.0487 e. The zero-order valence-electron chi connectivity index (χ0n) is 12.3. The van der Waals surface area contributed by atoms with E-state index in [4.69, 9.17) is 0 Å². The third-order valence-corrected chi connectivity index (χ3v) is 5.01. The van der Waals surface area contributed by atoms with Gasteiger partial charge in [-0.25, -0.2) is 0 Å². The van der Waals surface area contributed by atoms with E-state index in [1.54, 1.807) is 0 Å². The number of hydrogen-bond acceptors (Lipinski definition) is 1. The molecule has 0 atom stereocenters. The summed E-state index contributed by atoms with van der Waals surface area (Å²) >= 11 is 0. The van der Waals surface area contributed by atoms with Crippen LogP contribution in [0.5, 0.6) is 0 Å². The number of aliphatic hydroxyl groups excluding tert-OH is 1. The molecule has 0 heterocycles. The number of aliphatic hydroxyl groups is 1. The molecule has 0 amide bonds. The largest absolute Gasteiger partial charge is 0.396 e. The molecule has 19 heavy (non-hydrogen) atoms. The lowest BCUT2D eigenvalue weighted by atomic mass is 9.68. The summed E-state index contributed by atoms with van der Waals surface area (Å²) in [6.07, 6.45) is 5.84. The van der Waals surface area contributed by atoms with Crippen molar-refractivity contribution in [1.82, 2.24) is 0 Å². The van der Waals surface area contributed by atoms with Gasteiger partial charge in [0.25, 0.3) is 0 Å². The molecule has 0 bridgehead atoms. The van der Waals surface area contributed by atoms with Crippen molar-refractivity contribution in [2.45, 2.75) is 51.9 Å². The second kappa shape index (κ2) is 5.92. The average molecular weight is 258 g/mol. The van der Waals surface area contributed by atoms with E-state index < -0.39 is 0 Å². The molecule has 1 heteroatoms. The van der Waals surface area contributed by atoms with E-state index in [1.807, 2.05) is 6.92 Å². The number of rotatable bonds is 4. The molecule has 1 fully saturated rings. The van der Waals surface area contributed by atoms with E-state index in [-0.39, 0.29) is 5.41 Å². The van der Waals surface area contributed by atoms with Crippen LogP contribution in [-0.4, -0.2) is 11.7 Å². The van der Waals surface area contributed by atoms with Crippen LogP contribution in [0, 0.1) is 5.41 Å². The summed E-state index contributed by atoms with van der Waals surface area (Å²) in [5.41, 5.74) is 4.01. The Bertz CT molecular complexity index is 416. The predicted octanol–water partition coefficient (Wildman–Crippen LogP) is 4.77. The van der Waals surface area contributed by atoms with Crippen LogP contribution in [0.3, 0.4) is 0 Å². The van der Waals surface area contributed by atoms with E-state index >= 15 is 0 Å². The summed E-state index contributed by atoms with van der Waals surface area (Å²) < 4.78 is 0. The van der Waals surface area contributed by atoms with Gasteiger partial charge in [0.1, 0.15) is 0 Å². The lowest BCUT2D eigenvalue weighted by Gasteiger charge is -2.38. The Kier molecular flexibility index (Phi) is 4.46. The minimum absolute atomic E-state index is 0.203. The van der Waals surface area contributed by atoms with Gasteiger partial charge < -0.3 is 5.11 Å². The first-order valence-corrected chi connectivity index (χ1v) is 7.47. The van der Waals surface area contributed by atoms with Crippen molar-refractivity contribution in [2.75, 3.05) is 6.61 Å². The molecule has 1 aromatic carbocycles. The van der Waals surface area contributed by atoms with Crippen LogP contribution in [-0.2, 0) is 0 Å². The Morgan fingerprint density at radius 3 is 2.26 bits per heavy atom. The maximum atomic E-state index is 9.59. The minimum atomic E-state index is 0.203. The predicted molar refractivity (Wildman–Crippen MR) is 82.2 cm³/mol. The first-order chi connectivity index (χ1) is 9.10. The SMILES string of the molecule is C=C(C)c1ccc(C2CCC(CC)(CO)CC2)cc1. The van der Waals surface area contributed by atoms with Crippen LogP contribution in [0.15, 0.2) is 30.8 Å². The highest BCUT2D eigenvalue weighted by molar-refractivity contribution is 5.61. The lowest BCUT2D eigenvalue weighted by Crippen LogP contribution is -2.29. The van der Waals surface area contributed by atoms with Gasteiger partial charge in [0, 0.05) is 6.61 Å². The highest BCUT2D eigenvalue weighted by Crippen LogP contribution is 2.44. The molecular formula is C18H26O. The Morgan fingerprint density at radius 1 is 1.26 bits per heavy atom. The molecule has 1 aliphatic carbocycles. The van der Waals surface area contributed by atoms with Gasteiger partial charge in [-0.05, 0) is 61.5 Å². The second-order valence-electron chi connectivity index (χ2n) is 6.19. The second-order valence-corrected chi connectivity index (χ2v) is 6.19. The lowest BCUT2D eigenvalue weighted by molar-refractivity contribution is 0.0719.